The van der Waals surface area contributed by atoms with Gasteiger partial charge in [-0.2, -0.15) is 4.31 Å². The summed E-state index contributed by atoms with van der Waals surface area (Å²) in [6, 6.07) is 13.8. The molecule has 2 aromatic rings. The maximum absolute atomic E-state index is 12.5. The largest absolute Gasteiger partial charge is 0.348 e. The fraction of sp³-hybridized carbons (Fsp3) is 0.316. The van der Waals surface area contributed by atoms with Crippen LogP contribution in [0.3, 0.4) is 0 Å². The summed E-state index contributed by atoms with van der Waals surface area (Å²) in [6.07, 6.45) is 1.70. The molecule has 0 aliphatic heterocycles. The summed E-state index contributed by atoms with van der Waals surface area (Å²) in [5, 5.41) is 2.80. The Kier molecular flexibility index (Phi) is 6.97. The molecule has 1 amide bonds. The molecule has 0 aliphatic carbocycles. The molecule has 0 aliphatic rings. The van der Waals surface area contributed by atoms with Gasteiger partial charge >= 0.3 is 0 Å². The van der Waals surface area contributed by atoms with Crippen LogP contribution in [0.2, 0.25) is 0 Å². The second kappa shape index (κ2) is 8.85. The lowest BCUT2D eigenvalue weighted by molar-refractivity contribution is -0.121. The smallest absolute Gasteiger partial charge is 0.243 e. The van der Waals surface area contributed by atoms with Gasteiger partial charge in [-0.25, -0.2) is 16.8 Å². The van der Waals surface area contributed by atoms with Crippen molar-refractivity contribution in [3.05, 3.63) is 60.2 Å². The molecule has 0 aromatic heterocycles. The van der Waals surface area contributed by atoms with Gasteiger partial charge in [0, 0.05) is 13.3 Å². The van der Waals surface area contributed by atoms with Gasteiger partial charge in [-0.3, -0.25) is 4.79 Å². The molecule has 7 nitrogen and oxygen atoms in total. The normalized spacial score (nSPS) is 13.3. The number of carbonyl (C=O) groups is 1. The van der Waals surface area contributed by atoms with Gasteiger partial charge in [-0.1, -0.05) is 37.3 Å². The highest BCUT2D eigenvalue weighted by atomic mass is 32.2. The van der Waals surface area contributed by atoms with E-state index in [9.17, 15) is 21.6 Å². The van der Waals surface area contributed by atoms with E-state index in [0.717, 1.165) is 16.1 Å². The first kappa shape index (κ1) is 22.1. The van der Waals surface area contributed by atoms with E-state index >= 15 is 0 Å². The molecule has 1 atom stereocenters. The molecular weight excluding hydrogens is 400 g/mol. The number of sulfone groups is 1. The highest BCUT2D eigenvalue weighted by Crippen LogP contribution is 2.19. The predicted molar refractivity (Wildman–Crippen MR) is 107 cm³/mol. The number of hydrogen-bond acceptors (Lipinski definition) is 5. The van der Waals surface area contributed by atoms with Gasteiger partial charge in [0.25, 0.3) is 0 Å². The van der Waals surface area contributed by atoms with Crippen molar-refractivity contribution in [2.24, 2.45) is 0 Å². The fourth-order valence-electron chi connectivity index (χ4n) is 2.67. The molecular formula is C19H24N2O5S2. The van der Waals surface area contributed by atoms with Gasteiger partial charge in [0.2, 0.25) is 15.9 Å². The zero-order valence-electron chi connectivity index (χ0n) is 16.0. The minimum absolute atomic E-state index is 0.119. The van der Waals surface area contributed by atoms with Gasteiger partial charge in [0.15, 0.2) is 9.84 Å². The summed E-state index contributed by atoms with van der Waals surface area (Å²) in [7, 11) is -5.70. The molecule has 0 spiro atoms. The van der Waals surface area contributed by atoms with Crippen LogP contribution in [0, 0.1) is 0 Å². The Bertz CT molecular complexity index is 1020. The third-order valence-electron chi connectivity index (χ3n) is 4.27. The Labute approximate surface area is 166 Å². The number of benzene rings is 2. The average molecular weight is 425 g/mol. The minimum Gasteiger partial charge on any atom is -0.348 e. The van der Waals surface area contributed by atoms with Crippen LogP contribution in [0.5, 0.6) is 0 Å². The fourth-order valence-corrected chi connectivity index (χ4v) is 4.45. The SMILES string of the molecule is CC[C@H](NC(=O)CN(C)S(=O)(=O)c1ccccc1)c1ccc(S(C)(=O)=O)cc1. The van der Waals surface area contributed by atoms with Crippen LogP contribution in [-0.2, 0) is 24.7 Å². The standard InChI is InChI=1S/C19H24N2O5S2/c1-4-18(15-10-12-16(13-11-15)27(3,23)24)20-19(22)14-21(2)28(25,26)17-8-6-5-7-9-17/h5-13,18H,4,14H2,1-3H3,(H,20,22)/t18-/m0/s1. The number of amides is 1. The Morgan fingerprint density at radius 1 is 0.964 bits per heavy atom. The van der Waals surface area contributed by atoms with Crippen molar-refractivity contribution in [3.8, 4) is 0 Å². The number of nitrogens with zero attached hydrogens (tertiary/aromatic N) is 1. The number of carbonyl (C=O) groups excluding carboxylic acids is 1. The maximum Gasteiger partial charge on any atom is 0.243 e. The lowest BCUT2D eigenvalue weighted by atomic mass is 10.0. The monoisotopic (exact) mass is 424 g/mol. The van der Waals surface area contributed by atoms with E-state index in [1.54, 1.807) is 30.3 Å². The summed E-state index contributed by atoms with van der Waals surface area (Å²) < 4.78 is 49.1. The number of likely N-dealkylation sites (N-methyl/N-ethyl adjacent to an activating group) is 1. The molecule has 0 radical (unpaired) electrons. The summed E-state index contributed by atoms with van der Waals surface area (Å²) >= 11 is 0. The van der Waals surface area contributed by atoms with E-state index in [2.05, 4.69) is 5.32 Å². The molecule has 0 saturated carbocycles. The van der Waals surface area contributed by atoms with E-state index in [1.165, 1.54) is 31.3 Å². The van der Waals surface area contributed by atoms with E-state index in [4.69, 9.17) is 0 Å². The summed E-state index contributed by atoms with van der Waals surface area (Å²) in [5.41, 5.74) is 0.747. The summed E-state index contributed by atoms with van der Waals surface area (Å²) in [5.74, 6) is -0.443. The zero-order valence-corrected chi connectivity index (χ0v) is 17.6. The van der Waals surface area contributed by atoms with Crippen molar-refractivity contribution < 1.29 is 21.6 Å². The summed E-state index contributed by atoms with van der Waals surface area (Å²) in [4.78, 5) is 12.7. The lowest BCUT2D eigenvalue weighted by Gasteiger charge is -2.21. The molecule has 2 rings (SSSR count). The van der Waals surface area contributed by atoms with Crippen LogP contribution in [0.4, 0.5) is 0 Å². The van der Waals surface area contributed by atoms with Crippen LogP contribution in [-0.4, -0.2) is 46.9 Å². The van der Waals surface area contributed by atoms with Crippen molar-refractivity contribution in [2.75, 3.05) is 19.8 Å². The molecule has 2 aromatic carbocycles. The first-order valence-corrected chi connectivity index (χ1v) is 12.0. The van der Waals surface area contributed by atoms with Gasteiger partial charge < -0.3 is 5.32 Å². The molecule has 152 valence electrons. The first-order valence-electron chi connectivity index (χ1n) is 8.66. The highest BCUT2D eigenvalue weighted by Gasteiger charge is 2.23. The second-order valence-electron chi connectivity index (χ2n) is 6.44. The Hall–Kier alpha value is -2.23. The lowest BCUT2D eigenvalue weighted by Crippen LogP contribution is -2.39. The number of nitrogens with one attached hydrogen (secondary N) is 1. The summed E-state index contributed by atoms with van der Waals surface area (Å²) in [6.45, 7) is 1.55. The third kappa shape index (κ3) is 5.40. The quantitative estimate of drug-likeness (QED) is 0.698. The van der Waals surface area contributed by atoms with Crippen molar-refractivity contribution in [2.45, 2.75) is 29.2 Å². The van der Waals surface area contributed by atoms with Crippen molar-refractivity contribution in [1.82, 2.24) is 9.62 Å². The van der Waals surface area contributed by atoms with Gasteiger partial charge in [0.05, 0.1) is 22.4 Å². The Balaban J connectivity index is 2.08. The van der Waals surface area contributed by atoms with Crippen LogP contribution >= 0.6 is 0 Å². The molecule has 1 N–H and O–H groups in total. The topological polar surface area (TPSA) is 101 Å². The molecule has 0 unspecified atom stereocenters. The van der Waals surface area contributed by atoms with Crippen molar-refractivity contribution in [1.29, 1.82) is 0 Å². The third-order valence-corrected chi connectivity index (χ3v) is 7.22. The van der Waals surface area contributed by atoms with E-state index in [-0.39, 0.29) is 22.4 Å². The minimum atomic E-state index is -3.76. The van der Waals surface area contributed by atoms with Crippen LogP contribution in [0.15, 0.2) is 64.4 Å². The van der Waals surface area contributed by atoms with E-state index in [0.29, 0.717) is 6.42 Å². The second-order valence-corrected chi connectivity index (χ2v) is 10.5. The average Bonchev–Trinajstić information content (AvgIpc) is 2.66. The number of hydrogen-bond donors (Lipinski definition) is 1. The molecule has 0 bridgehead atoms. The van der Waals surface area contributed by atoms with Crippen LogP contribution in [0.1, 0.15) is 24.9 Å². The van der Waals surface area contributed by atoms with Crippen molar-refractivity contribution in [3.63, 3.8) is 0 Å². The van der Waals surface area contributed by atoms with Crippen LogP contribution < -0.4 is 5.32 Å². The maximum atomic E-state index is 12.5. The highest BCUT2D eigenvalue weighted by molar-refractivity contribution is 7.90. The van der Waals surface area contributed by atoms with Gasteiger partial charge in [0.1, 0.15) is 0 Å². The van der Waals surface area contributed by atoms with Gasteiger partial charge in [-0.15, -0.1) is 0 Å². The zero-order chi connectivity index (χ0) is 20.9. The van der Waals surface area contributed by atoms with Crippen molar-refractivity contribution >= 4 is 25.8 Å². The molecule has 0 fully saturated rings. The number of rotatable bonds is 8. The Morgan fingerprint density at radius 3 is 2.04 bits per heavy atom. The molecule has 9 heteroatoms. The molecule has 0 saturated heterocycles. The van der Waals surface area contributed by atoms with Gasteiger partial charge in [-0.05, 0) is 36.2 Å². The molecule has 0 heterocycles. The number of sulfonamides is 1. The van der Waals surface area contributed by atoms with E-state index in [1.807, 2.05) is 6.92 Å². The first-order chi connectivity index (χ1) is 13.1. The van der Waals surface area contributed by atoms with E-state index < -0.39 is 25.8 Å². The van der Waals surface area contributed by atoms with Crippen LogP contribution in [0.25, 0.3) is 0 Å². The predicted octanol–water partition coefficient (Wildman–Crippen LogP) is 1.98. The molecule has 28 heavy (non-hydrogen) atoms. The Morgan fingerprint density at radius 2 is 1.54 bits per heavy atom.